The van der Waals surface area contributed by atoms with Gasteiger partial charge in [-0.05, 0) is 12.8 Å². The number of hydrogen-bond donors (Lipinski definition) is 2. The minimum absolute atomic E-state index is 0. The fourth-order valence-corrected chi connectivity index (χ4v) is 2.78. The van der Waals surface area contributed by atoms with Crippen LogP contribution in [0.1, 0.15) is 118 Å². The summed E-state index contributed by atoms with van der Waals surface area (Å²) in [6.07, 6.45) is 22.2. The molecule has 5 nitrogen and oxygen atoms in total. The molecule has 0 atom stereocenters. The van der Waals surface area contributed by atoms with Gasteiger partial charge in [-0.3, -0.25) is 9.11 Å². The van der Waals surface area contributed by atoms with Crippen LogP contribution in [-0.4, -0.2) is 30.7 Å². The van der Waals surface area contributed by atoms with E-state index in [0.29, 0.717) is 0 Å². The molecule has 0 bridgehead atoms. The Labute approximate surface area is 192 Å². The van der Waals surface area contributed by atoms with E-state index in [1.165, 1.54) is 103 Å². The van der Waals surface area contributed by atoms with Crippen LogP contribution in [0.3, 0.4) is 0 Å². The average molecular weight is 421 g/mol. The van der Waals surface area contributed by atoms with Crippen molar-refractivity contribution in [1.82, 2.24) is 0 Å². The normalized spacial score (nSPS) is 10.8. The summed E-state index contributed by atoms with van der Waals surface area (Å²) in [7, 11) is -4.67. The molecular formula is C20H45NaO5S. The molecule has 7 heteroatoms. The topological polar surface area (TPSA) is 83.8 Å². The van der Waals surface area contributed by atoms with Crippen molar-refractivity contribution < 1.29 is 53.2 Å². The molecule has 0 aliphatic heterocycles. The van der Waals surface area contributed by atoms with Crippen LogP contribution in [-0.2, 0) is 15.1 Å². The number of hydrogen-bond acceptors (Lipinski definition) is 3. The number of rotatable bonds is 18. The molecular weight excluding hydrogens is 375 g/mol. The maximum Gasteiger partial charge on any atom is 1.00 e. The van der Waals surface area contributed by atoms with E-state index in [1.807, 2.05) is 0 Å². The van der Waals surface area contributed by atoms with Crippen molar-refractivity contribution in [2.24, 2.45) is 0 Å². The summed E-state index contributed by atoms with van der Waals surface area (Å²) in [5.41, 5.74) is 0. The van der Waals surface area contributed by atoms with Crippen LogP contribution in [0.25, 0.3) is 0 Å². The van der Waals surface area contributed by atoms with Gasteiger partial charge in [0.1, 0.15) is 0 Å². The molecule has 0 aromatic carbocycles. The van der Waals surface area contributed by atoms with Crippen LogP contribution in [0.5, 0.6) is 0 Å². The second-order valence-corrected chi connectivity index (χ2v) is 7.91. The van der Waals surface area contributed by atoms with E-state index < -0.39 is 10.4 Å². The fourth-order valence-electron chi connectivity index (χ4n) is 2.78. The van der Waals surface area contributed by atoms with E-state index in [9.17, 15) is 0 Å². The maximum atomic E-state index is 8.74. The molecule has 162 valence electrons. The first-order chi connectivity index (χ1) is 12.4. The van der Waals surface area contributed by atoms with Crippen LogP contribution in [0, 0.1) is 0 Å². The molecule has 0 fully saturated rings. The molecule has 0 heterocycles. The van der Waals surface area contributed by atoms with E-state index in [4.69, 9.17) is 22.3 Å². The van der Waals surface area contributed by atoms with Gasteiger partial charge in [0.25, 0.3) is 0 Å². The largest absolute Gasteiger partial charge is 1.00 e. The minimum Gasteiger partial charge on any atom is -1.00 e. The summed E-state index contributed by atoms with van der Waals surface area (Å²) in [4.78, 5) is 0. The van der Waals surface area contributed by atoms with E-state index in [-0.39, 0.29) is 31.0 Å². The molecule has 2 N–H and O–H groups in total. The van der Waals surface area contributed by atoms with Gasteiger partial charge in [0.15, 0.2) is 0 Å². The van der Waals surface area contributed by atoms with Crippen LogP contribution in [0.2, 0.25) is 0 Å². The Kier molecular flexibility index (Phi) is 32.3. The van der Waals surface area contributed by atoms with E-state index in [0.717, 1.165) is 13.2 Å². The van der Waals surface area contributed by atoms with Gasteiger partial charge in [0, 0.05) is 13.2 Å². The monoisotopic (exact) mass is 420 g/mol. The molecule has 0 spiro atoms. The van der Waals surface area contributed by atoms with Gasteiger partial charge in [-0.2, -0.15) is 8.42 Å². The quantitative estimate of drug-likeness (QED) is 0.200. The fraction of sp³-hybridized carbons (Fsp3) is 1.00. The molecule has 0 radical (unpaired) electrons. The van der Waals surface area contributed by atoms with E-state index in [2.05, 4.69) is 13.8 Å². The first-order valence-corrected chi connectivity index (χ1v) is 12.1. The third kappa shape index (κ3) is 46.7. The Balaban J connectivity index is -0.000000364. The summed E-state index contributed by atoms with van der Waals surface area (Å²) in [5.74, 6) is 0. The van der Waals surface area contributed by atoms with Crippen LogP contribution in [0.4, 0.5) is 0 Å². The van der Waals surface area contributed by atoms with Gasteiger partial charge in [-0.15, -0.1) is 0 Å². The molecule has 0 aromatic rings. The van der Waals surface area contributed by atoms with Gasteiger partial charge in [0.2, 0.25) is 0 Å². The summed E-state index contributed by atoms with van der Waals surface area (Å²) in [5, 5.41) is 0. The third-order valence-electron chi connectivity index (χ3n) is 4.28. The average Bonchev–Trinajstić information content (AvgIpc) is 2.56. The third-order valence-corrected chi connectivity index (χ3v) is 4.28. The Bertz CT molecular complexity index is 331. The molecule has 0 aliphatic carbocycles. The zero-order valence-electron chi connectivity index (χ0n) is 19.3. The zero-order chi connectivity index (χ0) is 19.9. The van der Waals surface area contributed by atoms with Crippen LogP contribution < -0.4 is 29.6 Å². The molecule has 27 heavy (non-hydrogen) atoms. The number of ether oxygens (including phenoxy) is 1. The van der Waals surface area contributed by atoms with E-state index in [1.54, 1.807) is 0 Å². The van der Waals surface area contributed by atoms with Gasteiger partial charge in [0.05, 0.1) is 0 Å². The maximum absolute atomic E-state index is 8.74. The first kappa shape index (κ1) is 32.5. The van der Waals surface area contributed by atoms with Gasteiger partial charge in [-0.1, -0.05) is 104 Å². The van der Waals surface area contributed by atoms with E-state index >= 15 is 0 Å². The second kappa shape index (κ2) is 26.8. The predicted octanol–water partition coefficient (Wildman–Crippen LogP) is 3.75. The molecule has 0 saturated carbocycles. The molecule has 0 rings (SSSR count). The van der Waals surface area contributed by atoms with Crippen molar-refractivity contribution in [3.8, 4) is 0 Å². The standard InChI is InChI=1S/C20H42O.Na.H2O4S.H/c1-3-5-7-9-11-12-13-14-16-18-20-21-19-17-15-10-8-6-4-2;;1-5(2,3)4;/h3-20H2,1-2H3;;(H2,1,2,3,4);/q;+1;;-1. The smallest absolute Gasteiger partial charge is 1.00 e. The molecule has 0 unspecified atom stereocenters. The van der Waals surface area contributed by atoms with Crippen LogP contribution in [0.15, 0.2) is 0 Å². The van der Waals surface area contributed by atoms with Crippen LogP contribution >= 0.6 is 0 Å². The van der Waals surface area contributed by atoms with Gasteiger partial charge < -0.3 is 6.16 Å². The SMILES string of the molecule is CCCCCCCCCCCCOCCCCCCCC.O=S(=O)(O)O.[H-].[Na+]. The van der Waals surface area contributed by atoms with Gasteiger partial charge in [-0.25, -0.2) is 0 Å². The van der Waals surface area contributed by atoms with Crippen molar-refractivity contribution in [2.75, 3.05) is 13.2 Å². The second-order valence-electron chi connectivity index (χ2n) is 7.01. The van der Waals surface area contributed by atoms with Crippen molar-refractivity contribution in [2.45, 2.75) is 117 Å². The Morgan fingerprint density at radius 2 is 0.815 bits per heavy atom. The Morgan fingerprint density at radius 1 is 0.593 bits per heavy atom. The summed E-state index contributed by atoms with van der Waals surface area (Å²) in [6.45, 7) is 6.54. The van der Waals surface area contributed by atoms with Gasteiger partial charge >= 0.3 is 40.0 Å². The van der Waals surface area contributed by atoms with Crippen molar-refractivity contribution in [1.29, 1.82) is 0 Å². The van der Waals surface area contributed by atoms with Crippen molar-refractivity contribution >= 4 is 10.4 Å². The first-order valence-electron chi connectivity index (χ1n) is 10.7. The molecule has 0 amide bonds. The Hall–Kier alpha value is 0.830. The predicted molar refractivity (Wildman–Crippen MR) is 111 cm³/mol. The summed E-state index contributed by atoms with van der Waals surface area (Å²) >= 11 is 0. The number of unbranched alkanes of at least 4 members (excludes halogenated alkanes) is 14. The minimum atomic E-state index is -4.67. The molecule has 0 saturated heterocycles. The molecule has 0 aliphatic rings. The van der Waals surface area contributed by atoms with Crippen molar-refractivity contribution in [3.05, 3.63) is 0 Å². The van der Waals surface area contributed by atoms with Crippen molar-refractivity contribution in [3.63, 3.8) is 0 Å². The molecule has 0 aromatic heterocycles. The zero-order valence-corrected chi connectivity index (χ0v) is 21.1. The summed E-state index contributed by atoms with van der Waals surface area (Å²) < 4.78 is 37.3. The Morgan fingerprint density at radius 3 is 1.07 bits per heavy atom. The summed E-state index contributed by atoms with van der Waals surface area (Å²) in [6, 6.07) is 0.